The second-order valence-corrected chi connectivity index (χ2v) is 6.43. The number of nitro groups is 1. The summed E-state index contributed by atoms with van der Waals surface area (Å²) >= 11 is 0. The van der Waals surface area contributed by atoms with E-state index >= 15 is 0 Å². The first-order chi connectivity index (χ1) is 12.0. The van der Waals surface area contributed by atoms with Gasteiger partial charge in [-0.3, -0.25) is 14.9 Å². The molecule has 6 heteroatoms. The van der Waals surface area contributed by atoms with Gasteiger partial charge in [-0.15, -0.1) is 0 Å². The maximum atomic E-state index is 12.9. The molecule has 1 saturated heterocycles. The number of carbonyl (C=O) groups excluding carboxylic acids is 1. The topological polar surface area (TPSA) is 75.5 Å². The Morgan fingerprint density at radius 2 is 1.84 bits per heavy atom. The number of nitrogens with zero attached hydrogens (tertiary/aromatic N) is 2. The van der Waals surface area contributed by atoms with Crippen LogP contribution in [0.15, 0.2) is 36.4 Å². The fraction of sp³-hybridized carbons (Fsp3) is 0.316. The second kappa shape index (κ2) is 6.93. The third-order valence-corrected chi connectivity index (χ3v) is 4.52. The molecule has 2 aromatic carbocycles. The Morgan fingerprint density at radius 1 is 1.12 bits per heavy atom. The molecule has 0 radical (unpaired) electrons. The first-order valence-corrected chi connectivity index (χ1v) is 8.38. The van der Waals surface area contributed by atoms with Crippen LogP contribution in [0.25, 0.3) is 0 Å². The number of aryl methyl sites for hydroxylation is 2. The van der Waals surface area contributed by atoms with E-state index in [0.29, 0.717) is 5.56 Å². The van der Waals surface area contributed by atoms with Crippen LogP contribution in [0.4, 0.5) is 17.1 Å². The van der Waals surface area contributed by atoms with Gasteiger partial charge < -0.3 is 10.2 Å². The second-order valence-electron chi connectivity index (χ2n) is 6.43. The maximum Gasteiger partial charge on any atom is 0.270 e. The van der Waals surface area contributed by atoms with Crippen molar-refractivity contribution in [1.29, 1.82) is 0 Å². The van der Waals surface area contributed by atoms with Gasteiger partial charge in [0, 0.05) is 30.9 Å². The molecule has 1 N–H and O–H groups in total. The van der Waals surface area contributed by atoms with Crippen molar-refractivity contribution in [3.8, 4) is 0 Å². The van der Waals surface area contributed by atoms with Gasteiger partial charge in [0.05, 0.1) is 16.2 Å². The molecule has 1 aliphatic rings. The monoisotopic (exact) mass is 339 g/mol. The van der Waals surface area contributed by atoms with Gasteiger partial charge in [0.15, 0.2) is 0 Å². The molecule has 0 aromatic heterocycles. The Hall–Kier alpha value is -2.89. The third kappa shape index (κ3) is 3.63. The van der Waals surface area contributed by atoms with Crippen LogP contribution in [-0.2, 0) is 0 Å². The van der Waals surface area contributed by atoms with Crippen LogP contribution in [0.2, 0.25) is 0 Å². The summed E-state index contributed by atoms with van der Waals surface area (Å²) in [5.74, 6) is -0.320. The van der Waals surface area contributed by atoms with Gasteiger partial charge >= 0.3 is 0 Å². The number of rotatable bonds is 4. The lowest BCUT2D eigenvalue weighted by atomic mass is 10.1. The van der Waals surface area contributed by atoms with Gasteiger partial charge in [0.25, 0.3) is 11.6 Å². The Kier molecular flexibility index (Phi) is 4.70. The van der Waals surface area contributed by atoms with Crippen molar-refractivity contribution >= 4 is 23.0 Å². The highest BCUT2D eigenvalue weighted by molar-refractivity contribution is 6.09. The van der Waals surface area contributed by atoms with E-state index in [2.05, 4.69) is 10.2 Å². The number of nitrogens with one attached hydrogen (secondary N) is 1. The summed E-state index contributed by atoms with van der Waals surface area (Å²) in [7, 11) is 0. The quantitative estimate of drug-likeness (QED) is 0.673. The molecule has 0 bridgehead atoms. The van der Waals surface area contributed by atoms with Crippen molar-refractivity contribution < 1.29 is 9.72 Å². The number of carbonyl (C=O) groups is 1. The zero-order valence-electron chi connectivity index (χ0n) is 14.4. The summed E-state index contributed by atoms with van der Waals surface area (Å²) in [5.41, 5.74) is 3.74. The molecular formula is C19H21N3O3. The highest BCUT2D eigenvalue weighted by atomic mass is 16.6. The summed E-state index contributed by atoms with van der Waals surface area (Å²) in [5, 5.41) is 14.0. The van der Waals surface area contributed by atoms with Gasteiger partial charge in [-0.05, 0) is 49.9 Å². The van der Waals surface area contributed by atoms with Crippen molar-refractivity contribution in [1.82, 2.24) is 0 Å². The lowest BCUT2D eigenvalue weighted by Gasteiger charge is -2.21. The van der Waals surface area contributed by atoms with E-state index < -0.39 is 4.92 Å². The number of anilines is 2. The molecule has 0 aliphatic carbocycles. The Labute approximate surface area is 146 Å². The first kappa shape index (κ1) is 17.0. The van der Waals surface area contributed by atoms with Crippen LogP contribution >= 0.6 is 0 Å². The van der Waals surface area contributed by atoms with Crippen LogP contribution < -0.4 is 10.2 Å². The highest BCUT2D eigenvalue weighted by Gasteiger charge is 2.22. The number of non-ortho nitro benzene ring substituents is 1. The fourth-order valence-electron chi connectivity index (χ4n) is 3.11. The van der Waals surface area contributed by atoms with Crippen LogP contribution in [0.1, 0.15) is 34.3 Å². The first-order valence-electron chi connectivity index (χ1n) is 8.38. The van der Waals surface area contributed by atoms with E-state index in [1.54, 1.807) is 6.07 Å². The molecule has 0 spiro atoms. The van der Waals surface area contributed by atoms with Gasteiger partial charge in [-0.25, -0.2) is 0 Å². The molecular weight excluding hydrogens is 318 g/mol. The molecule has 1 aliphatic heterocycles. The molecule has 3 rings (SSSR count). The van der Waals surface area contributed by atoms with Gasteiger partial charge in [-0.1, -0.05) is 12.1 Å². The van der Waals surface area contributed by atoms with Crippen molar-refractivity contribution in [2.24, 2.45) is 0 Å². The summed E-state index contributed by atoms with van der Waals surface area (Å²) in [6, 6.07) is 10.3. The standard InChI is InChI=1S/C19H21N3O3/c1-13-5-6-14(2)17(11-13)20-19(23)16-12-15(22(24)25)7-8-18(16)21-9-3-4-10-21/h5-8,11-12H,3-4,9-10H2,1-2H3,(H,20,23). The van der Waals surface area contributed by atoms with E-state index in [4.69, 9.17) is 0 Å². The van der Waals surface area contributed by atoms with Crippen molar-refractivity contribution in [3.05, 3.63) is 63.2 Å². The van der Waals surface area contributed by atoms with E-state index in [1.165, 1.54) is 12.1 Å². The molecule has 1 amide bonds. The number of hydrogen-bond acceptors (Lipinski definition) is 4. The Balaban J connectivity index is 1.97. The van der Waals surface area contributed by atoms with Crippen LogP contribution in [0.3, 0.4) is 0 Å². The molecule has 130 valence electrons. The van der Waals surface area contributed by atoms with Gasteiger partial charge in [0.1, 0.15) is 0 Å². The van der Waals surface area contributed by atoms with Crippen molar-refractivity contribution in [2.75, 3.05) is 23.3 Å². The number of nitro benzene ring substituents is 1. The molecule has 25 heavy (non-hydrogen) atoms. The molecule has 0 atom stereocenters. The largest absolute Gasteiger partial charge is 0.371 e. The SMILES string of the molecule is Cc1ccc(C)c(NC(=O)c2cc([N+](=O)[O-])ccc2N2CCCC2)c1. The maximum absolute atomic E-state index is 12.9. The Morgan fingerprint density at radius 3 is 2.52 bits per heavy atom. The summed E-state index contributed by atoms with van der Waals surface area (Å²) < 4.78 is 0. The minimum absolute atomic E-state index is 0.0749. The number of benzene rings is 2. The summed E-state index contributed by atoms with van der Waals surface area (Å²) in [6.45, 7) is 5.60. The number of amides is 1. The summed E-state index contributed by atoms with van der Waals surface area (Å²) in [6.07, 6.45) is 2.13. The smallest absolute Gasteiger partial charge is 0.270 e. The number of hydrogen-bond donors (Lipinski definition) is 1. The predicted octanol–water partition coefficient (Wildman–Crippen LogP) is 4.06. The average molecular weight is 339 g/mol. The normalized spacial score (nSPS) is 13.8. The van der Waals surface area contributed by atoms with Crippen LogP contribution in [0, 0.1) is 24.0 Å². The molecule has 6 nitrogen and oxygen atoms in total. The molecule has 0 saturated carbocycles. The van der Waals surface area contributed by atoms with Gasteiger partial charge in [-0.2, -0.15) is 0 Å². The van der Waals surface area contributed by atoms with Gasteiger partial charge in [0.2, 0.25) is 0 Å². The summed E-state index contributed by atoms with van der Waals surface area (Å²) in [4.78, 5) is 25.6. The van der Waals surface area contributed by atoms with E-state index in [9.17, 15) is 14.9 Å². The third-order valence-electron chi connectivity index (χ3n) is 4.52. The highest BCUT2D eigenvalue weighted by Crippen LogP contribution is 2.29. The Bertz CT molecular complexity index is 827. The van der Waals surface area contributed by atoms with E-state index in [-0.39, 0.29) is 11.6 Å². The van der Waals surface area contributed by atoms with E-state index in [0.717, 1.165) is 48.4 Å². The predicted molar refractivity (Wildman–Crippen MR) is 98.4 cm³/mol. The fourth-order valence-corrected chi connectivity index (χ4v) is 3.11. The molecule has 0 unspecified atom stereocenters. The zero-order chi connectivity index (χ0) is 18.0. The van der Waals surface area contributed by atoms with Crippen molar-refractivity contribution in [3.63, 3.8) is 0 Å². The zero-order valence-corrected chi connectivity index (χ0v) is 14.4. The van der Waals surface area contributed by atoms with E-state index in [1.807, 2.05) is 32.0 Å². The minimum atomic E-state index is -0.470. The average Bonchev–Trinajstić information content (AvgIpc) is 3.12. The van der Waals surface area contributed by atoms with Crippen molar-refractivity contribution in [2.45, 2.75) is 26.7 Å². The van der Waals surface area contributed by atoms with Crippen LogP contribution in [0.5, 0.6) is 0 Å². The lowest BCUT2D eigenvalue weighted by molar-refractivity contribution is -0.384. The molecule has 1 fully saturated rings. The molecule has 1 heterocycles. The molecule has 2 aromatic rings. The minimum Gasteiger partial charge on any atom is -0.371 e. The van der Waals surface area contributed by atoms with Crippen LogP contribution in [-0.4, -0.2) is 23.9 Å². The lowest BCUT2D eigenvalue weighted by Crippen LogP contribution is -2.23.